The number of hydrogen-bond acceptors (Lipinski definition) is 2. The van der Waals surface area contributed by atoms with Gasteiger partial charge in [0.05, 0.1) is 5.92 Å². The number of halogens is 1. The van der Waals surface area contributed by atoms with E-state index in [4.69, 9.17) is 4.74 Å². The first-order chi connectivity index (χ1) is 7.92. The van der Waals surface area contributed by atoms with Gasteiger partial charge in [-0.2, -0.15) is 0 Å². The molecule has 0 aromatic rings. The largest absolute Gasteiger partial charge is 0.460 e. The minimum atomic E-state index is -0.328. The third kappa shape index (κ3) is 2.54. The summed E-state index contributed by atoms with van der Waals surface area (Å²) >= 11 is 0. The molecule has 0 N–H and O–H groups in total. The van der Waals surface area contributed by atoms with Crippen LogP contribution in [0.3, 0.4) is 0 Å². The molecule has 4 rings (SSSR count). The van der Waals surface area contributed by atoms with Crippen LogP contribution in [0.4, 0.5) is 0 Å². The Bertz CT molecular complexity index is 304. The van der Waals surface area contributed by atoms with Crippen LogP contribution < -0.4 is 0 Å². The molecule has 0 amide bonds. The van der Waals surface area contributed by atoms with Crippen molar-refractivity contribution in [3.63, 3.8) is 0 Å². The summed E-state index contributed by atoms with van der Waals surface area (Å²) in [6.45, 7) is 5.92. The van der Waals surface area contributed by atoms with Crippen LogP contribution in [0, 0.1) is 29.6 Å². The van der Waals surface area contributed by atoms with Gasteiger partial charge < -0.3 is 4.74 Å². The molecule has 0 unspecified atom stereocenters. The molecule has 4 aliphatic carbocycles. The zero-order valence-electron chi connectivity index (χ0n) is 11.6. The van der Waals surface area contributed by atoms with Gasteiger partial charge in [-0.3, -0.25) is 4.79 Å². The monoisotopic (exact) mass is 272 g/mol. The van der Waals surface area contributed by atoms with E-state index in [1.807, 2.05) is 20.8 Å². The van der Waals surface area contributed by atoms with Crippen LogP contribution in [0.1, 0.15) is 52.9 Å². The number of hydrogen-bond donors (Lipinski definition) is 0. The molecule has 0 aromatic carbocycles. The van der Waals surface area contributed by atoms with Crippen LogP contribution in [-0.2, 0) is 9.53 Å². The predicted octanol–water partition coefficient (Wildman–Crippen LogP) is 3.82. The van der Waals surface area contributed by atoms with Gasteiger partial charge in [-0.1, -0.05) is 0 Å². The average Bonchev–Trinajstić information content (AvgIpc) is 2.11. The highest BCUT2D eigenvalue weighted by Gasteiger charge is 2.51. The first-order valence-corrected chi connectivity index (χ1v) is 7.15. The summed E-state index contributed by atoms with van der Waals surface area (Å²) < 4.78 is 5.62. The topological polar surface area (TPSA) is 26.3 Å². The van der Waals surface area contributed by atoms with Crippen LogP contribution in [0.25, 0.3) is 0 Å². The average molecular weight is 273 g/mol. The second-order valence-corrected chi connectivity index (χ2v) is 7.49. The Kier molecular flexibility index (Phi) is 3.70. The van der Waals surface area contributed by atoms with Crippen LogP contribution in [0.5, 0.6) is 0 Å². The standard InChI is InChI=1S/C15H24O2.ClH/c1-15(2,3)17-14(16)13-11-5-9-4-10(7-11)8-12(13)6-9;/h9-13H,4-8H2,1-3H3;1H. The zero-order valence-corrected chi connectivity index (χ0v) is 12.5. The predicted molar refractivity (Wildman–Crippen MR) is 73.6 cm³/mol. The van der Waals surface area contributed by atoms with E-state index in [-0.39, 0.29) is 29.9 Å². The summed E-state index contributed by atoms with van der Waals surface area (Å²) in [6.07, 6.45) is 6.59. The van der Waals surface area contributed by atoms with Gasteiger partial charge in [-0.05, 0) is 76.5 Å². The van der Waals surface area contributed by atoms with E-state index >= 15 is 0 Å². The van der Waals surface area contributed by atoms with Crippen LogP contribution in [0.15, 0.2) is 0 Å². The molecule has 2 nitrogen and oxygen atoms in total. The second kappa shape index (κ2) is 4.70. The molecular formula is C15H25ClO2. The SMILES string of the molecule is CC(C)(C)OC(=O)C1C2CC3CC(C2)CC1C3.Cl. The zero-order chi connectivity index (χ0) is 12.2. The minimum Gasteiger partial charge on any atom is -0.460 e. The summed E-state index contributed by atoms with van der Waals surface area (Å²) in [6, 6.07) is 0. The number of carbonyl (C=O) groups excluding carboxylic acids is 1. The fourth-order valence-electron chi connectivity index (χ4n) is 4.68. The highest BCUT2D eigenvalue weighted by molar-refractivity contribution is 5.85. The first-order valence-electron chi connectivity index (χ1n) is 7.15. The Hall–Kier alpha value is -0.240. The lowest BCUT2D eigenvalue weighted by atomic mass is 9.52. The number of carbonyl (C=O) groups is 1. The molecular weight excluding hydrogens is 248 g/mol. The van der Waals surface area contributed by atoms with Gasteiger partial charge in [-0.15, -0.1) is 12.4 Å². The summed E-state index contributed by atoms with van der Waals surface area (Å²) in [5.74, 6) is 3.45. The van der Waals surface area contributed by atoms with Gasteiger partial charge in [0.15, 0.2) is 0 Å². The normalized spacial score (nSPS) is 41.4. The van der Waals surface area contributed by atoms with E-state index in [0.717, 1.165) is 11.8 Å². The molecule has 0 aromatic heterocycles. The maximum atomic E-state index is 12.3. The Morgan fingerprint density at radius 2 is 1.39 bits per heavy atom. The fraction of sp³-hybridized carbons (Fsp3) is 0.933. The molecule has 104 valence electrons. The Morgan fingerprint density at radius 1 is 0.944 bits per heavy atom. The number of rotatable bonds is 1. The second-order valence-electron chi connectivity index (χ2n) is 7.49. The quantitative estimate of drug-likeness (QED) is 0.678. The Morgan fingerprint density at radius 3 is 1.78 bits per heavy atom. The fourth-order valence-corrected chi connectivity index (χ4v) is 4.68. The lowest BCUT2D eigenvalue weighted by Gasteiger charge is -2.53. The molecule has 0 aliphatic heterocycles. The third-order valence-electron chi connectivity index (χ3n) is 4.91. The maximum Gasteiger partial charge on any atom is 0.310 e. The van der Waals surface area contributed by atoms with Crippen molar-refractivity contribution in [1.29, 1.82) is 0 Å². The van der Waals surface area contributed by atoms with Gasteiger partial charge in [0.25, 0.3) is 0 Å². The van der Waals surface area contributed by atoms with Crippen LogP contribution >= 0.6 is 12.4 Å². The molecule has 3 heteroatoms. The van der Waals surface area contributed by atoms with Crippen molar-refractivity contribution in [2.75, 3.05) is 0 Å². The van der Waals surface area contributed by atoms with E-state index in [1.165, 1.54) is 32.1 Å². The van der Waals surface area contributed by atoms with Gasteiger partial charge >= 0.3 is 5.97 Å². The molecule has 0 spiro atoms. The van der Waals surface area contributed by atoms with E-state index in [1.54, 1.807) is 0 Å². The molecule has 0 atom stereocenters. The molecule has 4 bridgehead atoms. The van der Waals surface area contributed by atoms with Gasteiger partial charge in [0.2, 0.25) is 0 Å². The van der Waals surface area contributed by atoms with Crippen molar-refractivity contribution < 1.29 is 9.53 Å². The summed E-state index contributed by atoms with van der Waals surface area (Å²) in [7, 11) is 0. The van der Waals surface area contributed by atoms with Crippen molar-refractivity contribution in [3.05, 3.63) is 0 Å². The van der Waals surface area contributed by atoms with Crippen molar-refractivity contribution in [3.8, 4) is 0 Å². The molecule has 0 saturated heterocycles. The molecule has 4 aliphatic rings. The Balaban J connectivity index is 0.00000120. The van der Waals surface area contributed by atoms with E-state index in [9.17, 15) is 4.79 Å². The van der Waals surface area contributed by atoms with E-state index in [2.05, 4.69) is 0 Å². The van der Waals surface area contributed by atoms with Crippen LogP contribution in [-0.4, -0.2) is 11.6 Å². The van der Waals surface area contributed by atoms with Crippen LogP contribution in [0.2, 0.25) is 0 Å². The van der Waals surface area contributed by atoms with Crippen molar-refractivity contribution >= 4 is 18.4 Å². The lowest BCUT2D eigenvalue weighted by molar-refractivity contribution is -0.173. The van der Waals surface area contributed by atoms with Crippen molar-refractivity contribution in [2.24, 2.45) is 29.6 Å². The molecule has 4 fully saturated rings. The smallest absolute Gasteiger partial charge is 0.310 e. The lowest BCUT2D eigenvalue weighted by Crippen LogP contribution is -2.49. The van der Waals surface area contributed by atoms with E-state index in [0.29, 0.717) is 11.8 Å². The molecule has 0 heterocycles. The van der Waals surface area contributed by atoms with Crippen molar-refractivity contribution in [1.82, 2.24) is 0 Å². The van der Waals surface area contributed by atoms with E-state index < -0.39 is 0 Å². The molecule has 18 heavy (non-hydrogen) atoms. The number of ether oxygens (including phenoxy) is 1. The maximum absolute atomic E-state index is 12.3. The summed E-state index contributed by atoms with van der Waals surface area (Å²) in [5, 5.41) is 0. The van der Waals surface area contributed by atoms with Gasteiger partial charge in [-0.25, -0.2) is 0 Å². The molecule has 4 saturated carbocycles. The number of esters is 1. The van der Waals surface area contributed by atoms with Gasteiger partial charge in [0.1, 0.15) is 5.60 Å². The Labute approximate surface area is 116 Å². The highest BCUT2D eigenvalue weighted by Crippen LogP contribution is 2.56. The minimum absolute atomic E-state index is 0. The first kappa shape index (κ1) is 14.2. The molecule has 0 radical (unpaired) electrons. The van der Waals surface area contributed by atoms with Gasteiger partial charge in [0, 0.05) is 0 Å². The summed E-state index contributed by atoms with van der Waals surface area (Å²) in [4.78, 5) is 12.3. The van der Waals surface area contributed by atoms with Crippen molar-refractivity contribution in [2.45, 2.75) is 58.5 Å². The highest BCUT2D eigenvalue weighted by atomic mass is 35.5. The third-order valence-corrected chi connectivity index (χ3v) is 4.91. The summed E-state index contributed by atoms with van der Waals surface area (Å²) in [5.41, 5.74) is -0.328.